The van der Waals surface area contributed by atoms with E-state index in [-0.39, 0.29) is 5.91 Å². The zero-order valence-corrected chi connectivity index (χ0v) is 20.1. The average molecular weight is 462 g/mol. The first-order chi connectivity index (χ1) is 16.1. The molecule has 0 bridgehead atoms. The van der Waals surface area contributed by atoms with Crippen molar-refractivity contribution in [1.29, 1.82) is 0 Å². The van der Waals surface area contributed by atoms with Gasteiger partial charge in [0.25, 0.3) is 5.91 Å². The van der Waals surface area contributed by atoms with Crippen LogP contribution in [0.4, 0.5) is 5.82 Å². The number of hydrogen-bond donors (Lipinski definition) is 1. The van der Waals surface area contributed by atoms with Gasteiger partial charge in [0.1, 0.15) is 5.82 Å². The number of pyridine rings is 1. The summed E-state index contributed by atoms with van der Waals surface area (Å²) in [4.78, 5) is 28.9. The van der Waals surface area contributed by atoms with Gasteiger partial charge in [-0.15, -0.1) is 0 Å². The van der Waals surface area contributed by atoms with Crippen LogP contribution in [0, 0.1) is 0 Å². The summed E-state index contributed by atoms with van der Waals surface area (Å²) < 4.78 is 0. The highest BCUT2D eigenvalue weighted by Gasteiger charge is 2.21. The molecule has 0 saturated carbocycles. The van der Waals surface area contributed by atoms with E-state index in [4.69, 9.17) is 9.97 Å². The Balaban J connectivity index is 1.41. The number of anilines is 1. The minimum Gasteiger partial charge on any atom is -0.354 e. The molecule has 3 aromatic rings. The molecule has 1 aromatic carbocycles. The van der Waals surface area contributed by atoms with Gasteiger partial charge in [-0.1, -0.05) is 36.9 Å². The minimum absolute atomic E-state index is 0.0990. The Bertz CT molecular complexity index is 1080. The first-order valence-electron chi connectivity index (χ1n) is 11.7. The molecular formula is C26H31N5OS. The van der Waals surface area contributed by atoms with E-state index in [0.29, 0.717) is 23.9 Å². The SMILES string of the molecule is CCc1cc(N2CCCCC2C)nc(SCc2cccc(C(=O)NCc3ccccn3)c2)n1. The smallest absolute Gasteiger partial charge is 0.251 e. The molecule has 1 atom stereocenters. The maximum atomic E-state index is 12.6. The molecule has 2 aromatic heterocycles. The first-order valence-corrected chi connectivity index (χ1v) is 12.7. The quantitative estimate of drug-likeness (QED) is 0.375. The summed E-state index contributed by atoms with van der Waals surface area (Å²) in [6.45, 7) is 5.88. The van der Waals surface area contributed by atoms with E-state index in [9.17, 15) is 4.79 Å². The number of piperidine rings is 1. The van der Waals surface area contributed by atoms with Crippen molar-refractivity contribution < 1.29 is 4.79 Å². The molecule has 33 heavy (non-hydrogen) atoms. The summed E-state index contributed by atoms with van der Waals surface area (Å²) in [6, 6.07) is 16.1. The second kappa shape index (κ2) is 11.3. The van der Waals surface area contributed by atoms with Gasteiger partial charge in [-0.25, -0.2) is 9.97 Å². The first kappa shape index (κ1) is 23.2. The summed E-state index contributed by atoms with van der Waals surface area (Å²) in [7, 11) is 0. The Morgan fingerprint density at radius 1 is 1.12 bits per heavy atom. The monoisotopic (exact) mass is 461 g/mol. The highest BCUT2D eigenvalue weighted by molar-refractivity contribution is 7.98. The van der Waals surface area contributed by atoms with Crippen LogP contribution in [0.3, 0.4) is 0 Å². The maximum absolute atomic E-state index is 12.6. The fourth-order valence-electron chi connectivity index (χ4n) is 4.02. The van der Waals surface area contributed by atoms with Crippen LogP contribution in [0.2, 0.25) is 0 Å². The molecule has 6 nitrogen and oxygen atoms in total. The molecule has 1 N–H and O–H groups in total. The van der Waals surface area contributed by atoms with Gasteiger partial charge >= 0.3 is 0 Å². The van der Waals surface area contributed by atoms with E-state index >= 15 is 0 Å². The second-order valence-corrected chi connectivity index (χ2v) is 9.33. The number of carbonyl (C=O) groups is 1. The third-order valence-corrected chi connectivity index (χ3v) is 6.84. The number of amides is 1. The highest BCUT2D eigenvalue weighted by Crippen LogP contribution is 2.27. The Kier molecular flexibility index (Phi) is 7.94. The van der Waals surface area contributed by atoms with Gasteiger partial charge in [0, 0.05) is 41.9 Å². The van der Waals surface area contributed by atoms with Crippen LogP contribution in [0.15, 0.2) is 59.9 Å². The zero-order valence-electron chi connectivity index (χ0n) is 19.3. The number of aromatic nitrogens is 3. The molecule has 0 radical (unpaired) electrons. The van der Waals surface area contributed by atoms with E-state index in [1.165, 1.54) is 19.3 Å². The van der Waals surface area contributed by atoms with E-state index in [1.54, 1.807) is 18.0 Å². The van der Waals surface area contributed by atoms with E-state index in [2.05, 4.69) is 35.1 Å². The van der Waals surface area contributed by atoms with Crippen LogP contribution >= 0.6 is 11.8 Å². The van der Waals surface area contributed by atoms with Crippen molar-refractivity contribution in [1.82, 2.24) is 20.3 Å². The molecule has 172 valence electrons. The molecule has 7 heteroatoms. The number of carbonyl (C=O) groups excluding carboxylic acids is 1. The van der Waals surface area contributed by atoms with Gasteiger partial charge in [0.05, 0.1) is 12.2 Å². The molecule has 4 rings (SSSR count). The van der Waals surface area contributed by atoms with Crippen molar-refractivity contribution in [2.45, 2.75) is 63.0 Å². The van der Waals surface area contributed by atoms with Crippen molar-refractivity contribution in [2.75, 3.05) is 11.4 Å². The lowest BCUT2D eigenvalue weighted by Crippen LogP contribution is -2.38. The molecular weight excluding hydrogens is 430 g/mol. The average Bonchev–Trinajstić information content (AvgIpc) is 2.87. The Labute approximate surface area is 200 Å². The molecule has 1 aliphatic heterocycles. The lowest BCUT2D eigenvalue weighted by atomic mass is 10.0. The van der Waals surface area contributed by atoms with Crippen molar-refractivity contribution in [3.05, 3.63) is 77.2 Å². The van der Waals surface area contributed by atoms with Crippen molar-refractivity contribution in [2.24, 2.45) is 0 Å². The summed E-state index contributed by atoms with van der Waals surface area (Å²) in [5, 5.41) is 3.74. The van der Waals surface area contributed by atoms with Gasteiger partial charge in [-0.3, -0.25) is 9.78 Å². The topological polar surface area (TPSA) is 71.0 Å². The largest absolute Gasteiger partial charge is 0.354 e. The molecule has 1 amide bonds. The van der Waals surface area contributed by atoms with Crippen LogP contribution in [-0.4, -0.2) is 33.4 Å². The van der Waals surface area contributed by atoms with Crippen LogP contribution < -0.4 is 10.2 Å². The van der Waals surface area contributed by atoms with Crippen LogP contribution in [0.5, 0.6) is 0 Å². The van der Waals surface area contributed by atoms with E-state index in [0.717, 1.165) is 40.9 Å². The molecule has 0 spiro atoms. The molecule has 1 fully saturated rings. The number of benzene rings is 1. The van der Waals surface area contributed by atoms with Crippen LogP contribution in [0.25, 0.3) is 0 Å². The lowest BCUT2D eigenvalue weighted by molar-refractivity contribution is 0.0950. The van der Waals surface area contributed by atoms with Gasteiger partial charge < -0.3 is 10.2 Å². The molecule has 1 saturated heterocycles. The van der Waals surface area contributed by atoms with Gasteiger partial charge in [-0.2, -0.15) is 0 Å². The molecule has 1 unspecified atom stereocenters. The number of aryl methyl sites for hydroxylation is 1. The predicted molar refractivity (Wildman–Crippen MR) is 133 cm³/mol. The van der Waals surface area contributed by atoms with Crippen LogP contribution in [0.1, 0.15) is 60.4 Å². The fourth-order valence-corrected chi connectivity index (χ4v) is 4.83. The van der Waals surface area contributed by atoms with Gasteiger partial charge in [0.15, 0.2) is 5.16 Å². The Hall–Kier alpha value is -2.93. The van der Waals surface area contributed by atoms with Gasteiger partial charge in [0.2, 0.25) is 0 Å². The van der Waals surface area contributed by atoms with Gasteiger partial charge in [-0.05, 0) is 62.4 Å². The van der Waals surface area contributed by atoms with Crippen LogP contribution in [-0.2, 0) is 18.7 Å². The Morgan fingerprint density at radius 2 is 2.03 bits per heavy atom. The molecule has 3 heterocycles. The van der Waals surface area contributed by atoms with E-state index in [1.807, 2.05) is 42.5 Å². The maximum Gasteiger partial charge on any atom is 0.251 e. The summed E-state index contributed by atoms with van der Waals surface area (Å²) in [6.07, 6.45) is 6.33. The normalized spacial score (nSPS) is 15.9. The third kappa shape index (κ3) is 6.32. The summed E-state index contributed by atoms with van der Waals surface area (Å²) >= 11 is 1.62. The third-order valence-electron chi connectivity index (χ3n) is 5.92. The fraction of sp³-hybridized carbons (Fsp3) is 0.385. The predicted octanol–water partition coefficient (Wildman–Crippen LogP) is 5.04. The summed E-state index contributed by atoms with van der Waals surface area (Å²) in [5.74, 6) is 1.65. The standard InChI is InChI=1S/C26H31N5OS/c1-3-22-16-24(31-14-7-5-9-19(31)2)30-26(29-22)33-18-20-10-8-11-21(15-20)25(32)28-17-23-12-4-6-13-27-23/h4,6,8,10-13,15-16,19H,3,5,7,9,14,17-18H2,1-2H3,(H,28,32). The minimum atomic E-state index is -0.0990. The number of hydrogen-bond acceptors (Lipinski definition) is 6. The Morgan fingerprint density at radius 3 is 2.82 bits per heavy atom. The van der Waals surface area contributed by atoms with E-state index < -0.39 is 0 Å². The van der Waals surface area contributed by atoms with Crippen molar-refractivity contribution in [3.63, 3.8) is 0 Å². The lowest BCUT2D eigenvalue weighted by Gasteiger charge is -2.34. The summed E-state index contributed by atoms with van der Waals surface area (Å²) in [5.41, 5.74) is 3.63. The van der Waals surface area contributed by atoms with Crippen molar-refractivity contribution in [3.8, 4) is 0 Å². The molecule has 1 aliphatic rings. The second-order valence-electron chi connectivity index (χ2n) is 8.38. The zero-order chi connectivity index (χ0) is 23.0. The number of nitrogens with one attached hydrogen (secondary N) is 1. The van der Waals surface area contributed by atoms with Crippen molar-refractivity contribution >= 4 is 23.5 Å². The number of nitrogens with zero attached hydrogens (tertiary/aromatic N) is 4. The molecule has 0 aliphatic carbocycles. The highest BCUT2D eigenvalue weighted by atomic mass is 32.2. The number of thioether (sulfide) groups is 1. The number of rotatable bonds is 8.